The van der Waals surface area contributed by atoms with E-state index in [4.69, 9.17) is 4.42 Å². The summed E-state index contributed by atoms with van der Waals surface area (Å²) in [5.41, 5.74) is 2.63. The predicted octanol–water partition coefficient (Wildman–Crippen LogP) is 5.28. The minimum atomic E-state index is -3.69. The van der Waals surface area contributed by atoms with E-state index in [1.165, 1.54) is 0 Å². The molecule has 0 radical (unpaired) electrons. The lowest BCUT2D eigenvalue weighted by molar-refractivity contribution is 0.584. The van der Waals surface area contributed by atoms with Crippen LogP contribution in [0.25, 0.3) is 22.9 Å². The summed E-state index contributed by atoms with van der Waals surface area (Å²) in [5.74, 6) is 0.790. The van der Waals surface area contributed by atoms with Crippen LogP contribution in [-0.2, 0) is 10.0 Å². The summed E-state index contributed by atoms with van der Waals surface area (Å²) in [6.07, 6.45) is 0. The topological polar surface area (TPSA) is 85.1 Å². The van der Waals surface area contributed by atoms with Gasteiger partial charge in [-0.15, -0.1) is 10.2 Å². The number of rotatable bonds is 5. The molecule has 0 aliphatic carbocycles. The number of hydrogen-bond acceptors (Lipinski definition) is 5. The number of hydrogen-bond donors (Lipinski definition) is 1. The third kappa shape index (κ3) is 4.23. The van der Waals surface area contributed by atoms with Crippen LogP contribution in [0.5, 0.6) is 0 Å². The van der Waals surface area contributed by atoms with Crippen molar-refractivity contribution in [3.05, 3.63) is 82.8 Å². The van der Waals surface area contributed by atoms with Gasteiger partial charge in [-0.05, 0) is 67.1 Å². The van der Waals surface area contributed by atoms with Crippen LogP contribution in [-0.4, -0.2) is 18.6 Å². The molecule has 0 amide bonds. The molecule has 146 valence electrons. The Kier molecular flexibility index (Phi) is 5.21. The molecule has 1 N–H and O–H groups in total. The molecule has 6 nitrogen and oxygen atoms in total. The van der Waals surface area contributed by atoms with Gasteiger partial charge in [0.25, 0.3) is 10.0 Å². The lowest BCUT2D eigenvalue weighted by atomic mass is 10.2. The van der Waals surface area contributed by atoms with Gasteiger partial charge in [0.05, 0.1) is 4.90 Å². The molecule has 0 aliphatic heterocycles. The summed E-state index contributed by atoms with van der Waals surface area (Å²) in [6, 6.07) is 21.3. The summed E-state index contributed by atoms with van der Waals surface area (Å²) in [6.45, 7) is 1.75. The molecule has 3 aromatic carbocycles. The molecule has 0 aliphatic rings. The van der Waals surface area contributed by atoms with Gasteiger partial charge in [-0.2, -0.15) is 0 Å². The monoisotopic (exact) mass is 469 g/mol. The molecule has 0 bridgehead atoms. The van der Waals surface area contributed by atoms with Crippen LogP contribution in [0.15, 0.2) is 86.6 Å². The fraction of sp³-hybridized carbons (Fsp3) is 0.0476. The minimum absolute atomic E-state index is 0.231. The number of aromatic nitrogens is 2. The molecule has 0 spiro atoms. The van der Waals surface area contributed by atoms with Crippen molar-refractivity contribution in [3.63, 3.8) is 0 Å². The number of anilines is 1. The van der Waals surface area contributed by atoms with E-state index < -0.39 is 10.0 Å². The van der Waals surface area contributed by atoms with Gasteiger partial charge in [0, 0.05) is 21.3 Å². The van der Waals surface area contributed by atoms with Gasteiger partial charge in [0.15, 0.2) is 0 Å². The molecule has 0 fully saturated rings. The lowest BCUT2D eigenvalue weighted by Gasteiger charge is -2.11. The average Bonchev–Trinajstić information content (AvgIpc) is 3.19. The standard InChI is InChI=1S/C21H16BrN3O3S/c1-14-13-17(22)9-12-19(14)29(26,27)25-18-10-7-16(8-11-18)21-24-23-20(28-21)15-5-3-2-4-6-15/h2-13,25H,1H3. The van der Waals surface area contributed by atoms with Gasteiger partial charge in [-0.25, -0.2) is 8.42 Å². The van der Waals surface area contributed by atoms with Crippen LogP contribution in [0.2, 0.25) is 0 Å². The highest BCUT2D eigenvalue weighted by atomic mass is 79.9. The van der Waals surface area contributed by atoms with E-state index in [9.17, 15) is 8.42 Å². The zero-order valence-corrected chi connectivity index (χ0v) is 17.7. The highest BCUT2D eigenvalue weighted by Gasteiger charge is 2.17. The fourth-order valence-corrected chi connectivity index (χ4v) is 4.60. The van der Waals surface area contributed by atoms with Crippen molar-refractivity contribution in [3.8, 4) is 22.9 Å². The Morgan fingerprint density at radius 3 is 2.10 bits per heavy atom. The van der Waals surface area contributed by atoms with E-state index in [-0.39, 0.29) is 4.90 Å². The highest BCUT2D eigenvalue weighted by molar-refractivity contribution is 9.10. The van der Waals surface area contributed by atoms with Gasteiger partial charge in [0.2, 0.25) is 11.8 Å². The molecule has 4 rings (SSSR count). The van der Waals surface area contributed by atoms with Crippen LogP contribution in [0, 0.1) is 6.92 Å². The van der Waals surface area contributed by atoms with Crippen LogP contribution in [0.3, 0.4) is 0 Å². The summed E-state index contributed by atoms with van der Waals surface area (Å²) in [5, 5.41) is 8.14. The Labute approximate surface area is 176 Å². The van der Waals surface area contributed by atoms with Crippen molar-refractivity contribution in [1.82, 2.24) is 10.2 Å². The molecule has 1 heterocycles. The average molecular weight is 470 g/mol. The molecule has 0 unspecified atom stereocenters. The number of halogens is 1. The summed E-state index contributed by atoms with van der Waals surface area (Å²) < 4.78 is 34.5. The zero-order chi connectivity index (χ0) is 20.4. The minimum Gasteiger partial charge on any atom is -0.416 e. The summed E-state index contributed by atoms with van der Waals surface area (Å²) in [7, 11) is -3.69. The molecule has 0 saturated carbocycles. The van der Waals surface area contributed by atoms with Crippen LogP contribution >= 0.6 is 15.9 Å². The number of sulfonamides is 1. The second kappa shape index (κ2) is 7.81. The third-order valence-corrected chi connectivity index (χ3v) is 6.29. The Hall–Kier alpha value is -2.97. The fourth-order valence-electron chi connectivity index (χ4n) is 2.84. The van der Waals surface area contributed by atoms with Gasteiger partial charge < -0.3 is 4.42 Å². The maximum absolute atomic E-state index is 12.7. The first-order valence-electron chi connectivity index (χ1n) is 8.71. The summed E-state index contributed by atoms with van der Waals surface area (Å²) in [4.78, 5) is 0.231. The molecular formula is C21H16BrN3O3S. The lowest BCUT2D eigenvalue weighted by Crippen LogP contribution is -2.14. The van der Waals surface area contributed by atoms with Gasteiger partial charge >= 0.3 is 0 Å². The molecule has 1 aromatic heterocycles. The molecule has 0 atom stereocenters. The Morgan fingerprint density at radius 2 is 1.48 bits per heavy atom. The molecular weight excluding hydrogens is 454 g/mol. The van der Waals surface area contributed by atoms with E-state index in [2.05, 4.69) is 30.8 Å². The smallest absolute Gasteiger partial charge is 0.262 e. The Bertz CT molecular complexity index is 1250. The number of nitrogens with zero attached hydrogens (tertiary/aromatic N) is 2. The predicted molar refractivity (Wildman–Crippen MR) is 115 cm³/mol. The van der Waals surface area contributed by atoms with Crippen molar-refractivity contribution < 1.29 is 12.8 Å². The zero-order valence-electron chi connectivity index (χ0n) is 15.3. The summed E-state index contributed by atoms with van der Waals surface area (Å²) >= 11 is 3.34. The number of nitrogens with one attached hydrogen (secondary N) is 1. The first-order valence-corrected chi connectivity index (χ1v) is 11.0. The van der Waals surface area contributed by atoms with Crippen molar-refractivity contribution >= 4 is 31.6 Å². The van der Waals surface area contributed by atoms with Gasteiger partial charge in [-0.3, -0.25) is 4.72 Å². The van der Waals surface area contributed by atoms with E-state index in [1.807, 2.05) is 30.3 Å². The normalized spacial score (nSPS) is 11.4. The quantitative estimate of drug-likeness (QED) is 0.429. The first kappa shape index (κ1) is 19.4. The van der Waals surface area contributed by atoms with Crippen LogP contribution < -0.4 is 4.72 Å². The molecule has 0 saturated heterocycles. The highest BCUT2D eigenvalue weighted by Crippen LogP contribution is 2.26. The van der Waals surface area contributed by atoms with Crippen molar-refractivity contribution in [1.29, 1.82) is 0 Å². The van der Waals surface area contributed by atoms with Crippen LogP contribution in [0.1, 0.15) is 5.56 Å². The Balaban J connectivity index is 1.55. The van der Waals surface area contributed by atoms with Crippen LogP contribution in [0.4, 0.5) is 5.69 Å². The maximum atomic E-state index is 12.7. The van der Waals surface area contributed by atoms with E-state index in [0.717, 1.165) is 10.0 Å². The SMILES string of the molecule is Cc1cc(Br)ccc1S(=O)(=O)Nc1ccc(-c2nnc(-c3ccccc3)o2)cc1. The molecule has 8 heteroatoms. The molecule has 29 heavy (non-hydrogen) atoms. The second-order valence-electron chi connectivity index (χ2n) is 6.37. The van der Waals surface area contributed by atoms with Gasteiger partial charge in [-0.1, -0.05) is 34.1 Å². The largest absolute Gasteiger partial charge is 0.416 e. The van der Waals surface area contributed by atoms with Crippen molar-refractivity contribution in [2.24, 2.45) is 0 Å². The molecule has 4 aromatic rings. The van der Waals surface area contributed by atoms with E-state index >= 15 is 0 Å². The van der Waals surface area contributed by atoms with Crippen molar-refractivity contribution in [2.75, 3.05) is 4.72 Å². The third-order valence-electron chi connectivity index (χ3n) is 4.26. The number of aryl methyl sites for hydroxylation is 1. The van der Waals surface area contributed by atoms with Gasteiger partial charge in [0.1, 0.15) is 0 Å². The Morgan fingerprint density at radius 1 is 0.862 bits per heavy atom. The van der Waals surface area contributed by atoms with E-state index in [0.29, 0.717) is 28.6 Å². The second-order valence-corrected chi connectivity index (χ2v) is 8.94. The number of benzene rings is 3. The van der Waals surface area contributed by atoms with E-state index in [1.54, 1.807) is 49.4 Å². The first-order chi connectivity index (χ1) is 13.9. The van der Waals surface area contributed by atoms with Crippen molar-refractivity contribution in [2.45, 2.75) is 11.8 Å². The maximum Gasteiger partial charge on any atom is 0.262 e.